The molecular formula is C5H13N4+. The highest BCUT2D eigenvalue weighted by molar-refractivity contribution is 5.99. The third kappa shape index (κ3) is 3.52. The van der Waals surface area contributed by atoms with Crippen molar-refractivity contribution in [2.45, 2.75) is 20.3 Å². The largest absolute Gasteiger partial charge is 0.323 e. The minimum absolute atomic E-state index is 0.715. The van der Waals surface area contributed by atoms with Crippen LogP contribution in [-0.4, -0.2) is 11.4 Å². The Labute approximate surface area is 54.6 Å². The van der Waals surface area contributed by atoms with E-state index in [2.05, 4.69) is 10.2 Å². The van der Waals surface area contributed by atoms with Gasteiger partial charge in [-0.15, -0.1) is 5.10 Å². The van der Waals surface area contributed by atoms with Crippen molar-refractivity contribution in [1.29, 1.82) is 0 Å². The van der Waals surface area contributed by atoms with Crippen LogP contribution in [0.1, 0.15) is 20.3 Å². The van der Waals surface area contributed by atoms with Crippen LogP contribution in [0.15, 0.2) is 5.10 Å². The van der Waals surface area contributed by atoms with Crippen LogP contribution in [0.4, 0.5) is 0 Å². The third-order valence-corrected chi connectivity index (χ3v) is 0.988. The Hall–Kier alpha value is -1.06. The van der Waals surface area contributed by atoms with E-state index in [9.17, 15) is 0 Å². The second-order valence-electron chi connectivity index (χ2n) is 1.97. The van der Waals surface area contributed by atoms with Gasteiger partial charge in [0.15, 0.2) is 5.71 Å². The Balaban J connectivity index is 3.75. The molecule has 0 heterocycles. The summed E-state index contributed by atoms with van der Waals surface area (Å²) in [6.07, 6.45) is 0.715. The predicted octanol–water partition coefficient (Wildman–Crippen LogP) is -1.87. The van der Waals surface area contributed by atoms with Gasteiger partial charge in [0.05, 0.1) is 6.42 Å². The van der Waals surface area contributed by atoms with E-state index in [4.69, 9.17) is 11.7 Å². The monoisotopic (exact) mass is 129 g/mol. The summed E-state index contributed by atoms with van der Waals surface area (Å²) in [7, 11) is 0. The van der Waals surface area contributed by atoms with Crippen LogP contribution >= 0.6 is 0 Å². The van der Waals surface area contributed by atoms with E-state index in [1.165, 1.54) is 0 Å². The van der Waals surface area contributed by atoms with E-state index < -0.39 is 0 Å². The lowest BCUT2D eigenvalue weighted by molar-refractivity contribution is -0.470. The van der Waals surface area contributed by atoms with Gasteiger partial charge in [-0.3, -0.25) is 0 Å². The second kappa shape index (κ2) is 3.88. The van der Waals surface area contributed by atoms with E-state index in [0.717, 1.165) is 11.4 Å². The summed E-state index contributed by atoms with van der Waals surface area (Å²) in [6, 6.07) is 0. The molecule has 0 amide bonds. The zero-order valence-corrected chi connectivity index (χ0v) is 5.81. The van der Waals surface area contributed by atoms with E-state index in [1.807, 2.05) is 13.8 Å². The third-order valence-electron chi connectivity index (χ3n) is 0.988. The Morgan fingerprint density at radius 3 is 2.44 bits per heavy atom. The van der Waals surface area contributed by atoms with Crippen LogP contribution in [0, 0.1) is 0 Å². The van der Waals surface area contributed by atoms with Crippen LogP contribution < -0.4 is 16.8 Å². The number of hydrogen-bond acceptors (Lipinski definition) is 3. The number of hydrogen-bond donors (Lipinski definition) is 3. The Kier molecular flexibility index (Phi) is 3.43. The van der Waals surface area contributed by atoms with E-state index in [1.54, 1.807) is 0 Å². The van der Waals surface area contributed by atoms with E-state index in [-0.39, 0.29) is 0 Å². The Bertz CT molecular complexity index is 120. The predicted molar refractivity (Wildman–Crippen MR) is 37.7 cm³/mol. The van der Waals surface area contributed by atoms with Gasteiger partial charge >= 0.3 is 0 Å². The maximum Gasteiger partial charge on any atom is 0.182 e. The molecule has 0 saturated carbocycles. The molecule has 0 radical (unpaired) electrons. The Morgan fingerprint density at radius 2 is 2.11 bits per heavy atom. The molecule has 4 heteroatoms. The minimum Gasteiger partial charge on any atom is -0.323 e. The summed E-state index contributed by atoms with van der Waals surface area (Å²) in [5.41, 5.74) is 1.83. The number of nitrogens with zero attached hydrogens (tertiary/aromatic N) is 1. The van der Waals surface area contributed by atoms with Crippen molar-refractivity contribution in [2.75, 3.05) is 0 Å². The van der Waals surface area contributed by atoms with Crippen LogP contribution in [-0.2, 0) is 0 Å². The lowest BCUT2D eigenvalue weighted by Gasteiger charge is -1.89. The first kappa shape index (κ1) is 7.94. The average molecular weight is 129 g/mol. The second-order valence-corrected chi connectivity index (χ2v) is 1.97. The molecule has 0 aliphatic carbocycles. The molecule has 0 spiro atoms. The molecule has 0 aromatic rings. The first-order valence-electron chi connectivity index (χ1n) is 2.73. The lowest BCUT2D eigenvalue weighted by atomic mass is 10.2. The van der Waals surface area contributed by atoms with Crippen LogP contribution in [0.5, 0.6) is 0 Å². The standard InChI is InChI=1S/C5H12N4/c1-4(8-6)3-5(2)9-7/h3,6-7H2,1-2H3/p+1/b8-4-,9-5+. The topological polar surface area (TPSA) is 78.4 Å². The maximum absolute atomic E-state index is 5.09. The highest BCUT2D eigenvalue weighted by Gasteiger charge is 1.98. The number of hydrazone groups is 2. The number of hydrazine groups is 1. The summed E-state index contributed by atoms with van der Waals surface area (Å²) in [4.78, 5) is 0. The van der Waals surface area contributed by atoms with Gasteiger partial charge in [-0.2, -0.15) is 5.10 Å². The van der Waals surface area contributed by atoms with Crippen molar-refractivity contribution in [1.82, 2.24) is 0 Å². The van der Waals surface area contributed by atoms with Gasteiger partial charge in [0.2, 0.25) is 0 Å². The summed E-state index contributed by atoms with van der Waals surface area (Å²) < 4.78 is 0. The quantitative estimate of drug-likeness (QED) is 0.232. The molecule has 5 N–H and O–H groups in total. The molecule has 9 heavy (non-hydrogen) atoms. The highest BCUT2D eigenvalue weighted by Crippen LogP contribution is 1.81. The normalized spacial score (nSPS) is 14.0. The number of nitrogens with one attached hydrogen (secondary N) is 1. The smallest absolute Gasteiger partial charge is 0.182 e. The van der Waals surface area contributed by atoms with Crippen molar-refractivity contribution in [3.8, 4) is 0 Å². The fourth-order valence-corrected chi connectivity index (χ4v) is 0.480. The van der Waals surface area contributed by atoms with Crippen molar-refractivity contribution >= 4 is 11.4 Å². The van der Waals surface area contributed by atoms with Crippen LogP contribution in [0.25, 0.3) is 0 Å². The summed E-state index contributed by atoms with van der Waals surface area (Å²) >= 11 is 0. The maximum atomic E-state index is 5.09. The molecular weight excluding hydrogens is 116 g/mol. The van der Waals surface area contributed by atoms with Gasteiger partial charge in [-0.25, -0.2) is 5.84 Å². The van der Waals surface area contributed by atoms with Gasteiger partial charge in [0, 0.05) is 12.6 Å². The zero-order valence-electron chi connectivity index (χ0n) is 5.81. The van der Waals surface area contributed by atoms with E-state index in [0.29, 0.717) is 6.42 Å². The molecule has 0 atom stereocenters. The van der Waals surface area contributed by atoms with Crippen molar-refractivity contribution < 1.29 is 5.10 Å². The molecule has 52 valence electrons. The summed E-state index contributed by atoms with van der Waals surface area (Å²) in [6.45, 7) is 3.73. The molecule has 0 saturated heterocycles. The van der Waals surface area contributed by atoms with Gasteiger partial charge < -0.3 is 5.84 Å². The molecule has 0 rings (SSSR count). The van der Waals surface area contributed by atoms with Crippen molar-refractivity contribution in [3.63, 3.8) is 0 Å². The van der Waals surface area contributed by atoms with Crippen molar-refractivity contribution in [3.05, 3.63) is 0 Å². The summed E-state index contributed by atoms with van der Waals surface area (Å²) in [5.74, 6) is 10.1. The van der Waals surface area contributed by atoms with E-state index >= 15 is 0 Å². The average Bonchev–Trinajstić information content (AvgIpc) is 1.87. The van der Waals surface area contributed by atoms with Gasteiger partial charge in [0.1, 0.15) is 0 Å². The lowest BCUT2D eigenvalue weighted by Crippen LogP contribution is -2.80. The Morgan fingerprint density at radius 1 is 1.56 bits per heavy atom. The first-order chi connectivity index (χ1) is 4.20. The SMILES string of the molecule is C/C(C/C(C)=N/N)=[NH+]/N. The molecule has 0 unspecified atom stereocenters. The fraction of sp³-hybridized carbons (Fsp3) is 0.600. The molecule has 0 fully saturated rings. The number of nitrogens with two attached hydrogens (primary N) is 2. The molecule has 0 aromatic heterocycles. The fourth-order valence-electron chi connectivity index (χ4n) is 0.480. The van der Waals surface area contributed by atoms with Gasteiger partial charge in [-0.1, -0.05) is 0 Å². The molecule has 4 nitrogen and oxygen atoms in total. The molecule has 0 aliphatic heterocycles. The van der Waals surface area contributed by atoms with Gasteiger partial charge in [0.25, 0.3) is 0 Å². The zero-order chi connectivity index (χ0) is 7.28. The van der Waals surface area contributed by atoms with Crippen LogP contribution in [0.3, 0.4) is 0 Å². The van der Waals surface area contributed by atoms with Crippen LogP contribution in [0.2, 0.25) is 0 Å². The first-order valence-corrected chi connectivity index (χ1v) is 2.73. The van der Waals surface area contributed by atoms with Gasteiger partial charge in [-0.05, 0) is 6.92 Å². The number of rotatable bonds is 2. The molecule has 0 aliphatic rings. The highest BCUT2D eigenvalue weighted by atomic mass is 15.1. The summed E-state index contributed by atoms with van der Waals surface area (Å²) in [5, 5.41) is 5.99. The van der Waals surface area contributed by atoms with Crippen molar-refractivity contribution in [2.24, 2.45) is 16.8 Å². The molecule has 0 bridgehead atoms. The molecule has 0 aromatic carbocycles. The minimum atomic E-state index is 0.715.